The SMILES string of the molecule is CCc1cnc(OC2CNC2)c(F)c1. The van der Waals surface area contributed by atoms with Gasteiger partial charge in [0.25, 0.3) is 5.88 Å². The van der Waals surface area contributed by atoms with Crippen LogP contribution in [0.4, 0.5) is 4.39 Å². The van der Waals surface area contributed by atoms with Gasteiger partial charge < -0.3 is 10.1 Å². The van der Waals surface area contributed by atoms with Gasteiger partial charge in [-0.1, -0.05) is 6.92 Å². The summed E-state index contributed by atoms with van der Waals surface area (Å²) in [5.74, 6) is -0.245. The number of hydrogen-bond acceptors (Lipinski definition) is 3. The molecule has 1 N–H and O–H groups in total. The van der Waals surface area contributed by atoms with Gasteiger partial charge in [0.05, 0.1) is 0 Å². The molecule has 1 aromatic rings. The van der Waals surface area contributed by atoms with Crippen LogP contribution in [0.5, 0.6) is 5.88 Å². The molecule has 0 aromatic carbocycles. The average Bonchev–Trinajstić information content (AvgIpc) is 2.13. The summed E-state index contributed by atoms with van der Waals surface area (Å²) in [7, 11) is 0. The lowest BCUT2D eigenvalue weighted by molar-refractivity contribution is 0.129. The van der Waals surface area contributed by atoms with Crippen LogP contribution in [0.3, 0.4) is 0 Å². The Hall–Kier alpha value is -1.16. The van der Waals surface area contributed by atoms with Crippen molar-refractivity contribution in [2.45, 2.75) is 19.4 Å². The van der Waals surface area contributed by atoms with Crippen molar-refractivity contribution in [3.05, 3.63) is 23.6 Å². The number of halogens is 1. The van der Waals surface area contributed by atoms with Gasteiger partial charge in [0, 0.05) is 19.3 Å². The molecule has 2 heterocycles. The summed E-state index contributed by atoms with van der Waals surface area (Å²) >= 11 is 0. The molecule has 0 bridgehead atoms. The molecule has 1 aliphatic rings. The third-order valence-electron chi connectivity index (χ3n) is 2.29. The van der Waals surface area contributed by atoms with E-state index < -0.39 is 0 Å². The normalized spacial score (nSPS) is 16.4. The molecule has 0 radical (unpaired) electrons. The van der Waals surface area contributed by atoms with Crippen LogP contribution >= 0.6 is 0 Å². The van der Waals surface area contributed by atoms with E-state index in [-0.39, 0.29) is 17.8 Å². The molecule has 0 saturated carbocycles. The second kappa shape index (κ2) is 3.92. The predicted molar refractivity (Wildman–Crippen MR) is 50.9 cm³/mol. The summed E-state index contributed by atoms with van der Waals surface area (Å²) in [5.41, 5.74) is 0.890. The monoisotopic (exact) mass is 196 g/mol. The van der Waals surface area contributed by atoms with Crippen LogP contribution in [0, 0.1) is 5.82 Å². The Labute approximate surface area is 82.3 Å². The quantitative estimate of drug-likeness (QED) is 0.787. The lowest BCUT2D eigenvalue weighted by Gasteiger charge is -2.27. The summed E-state index contributed by atoms with van der Waals surface area (Å²) in [6.07, 6.45) is 2.52. The molecule has 76 valence electrons. The lowest BCUT2D eigenvalue weighted by atomic mass is 10.2. The number of nitrogens with zero attached hydrogens (tertiary/aromatic N) is 1. The van der Waals surface area contributed by atoms with Gasteiger partial charge in [-0.2, -0.15) is 0 Å². The number of ether oxygens (including phenoxy) is 1. The second-order valence-corrected chi connectivity index (χ2v) is 3.38. The third-order valence-corrected chi connectivity index (χ3v) is 2.29. The highest BCUT2D eigenvalue weighted by molar-refractivity contribution is 5.20. The van der Waals surface area contributed by atoms with Gasteiger partial charge in [0.2, 0.25) is 0 Å². The van der Waals surface area contributed by atoms with Gasteiger partial charge >= 0.3 is 0 Å². The van der Waals surface area contributed by atoms with Gasteiger partial charge in [-0.25, -0.2) is 9.37 Å². The van der Waals surface area contributed by atoms with Crippen LogP contribution in [0.1, 0.15) is 12.5 Å². The Morgan fingerprint density at radius 2 is 2.43 bits per heavy atom. The summed E-state index contributed by atoms with van der Waals surface area (Å²) in [6, 6.07) is 1.48. The van der Waals surface area contributed by atoms with Crippen molar-refractivity contribution in [3.63, 3.8) is 0 Å². The Morgan fingerprint density at radius 1 is 1.64 bits per heavy atom. The molecule has 0 amide bonds. The first-order valence-electron chi connectivity index (χ1n) is 4.81. The molecule has 0 unspecified atom stereocenters. The Balaban J connectivity index is 2.09. The van der Waals surface area contributed by atoms with Crippen molar-refractivity contribution in [1.29, 1.82) is 0 Å². The summed E-state index contributed by atoms with van der Waals surface area (Å²) in [4.78, 5) is 3.95. The van der Waals surface area contributed by atoms with Crippen LogP contribution < -0.4 is 10.1 Å². The molecule has 1 saturated heterocycles. The number of hydrogen-bond donors (Lipinski definition) is 1. The molecular weight excluding hydrogens is 183 g/mol. The lowest BCUT2D eigenvalue weighted by Crippen LogP contribution is -2.50. The van der Waals surface area contributed by atoms with E-state index in [2.05, 4.69) is 10.3 Å². The average molecular weight is 196 g/mol. The minimum Gasteiger partial charge on any atom is -0.470 e. The molecule has 0 spiro atoms. The maximum atomic E-state index is 13.3. The second-order valence-electron chi connectivity index (χ2n) is 3.38. The van der Waals surface area contributed by atoms with Crippen molar-refractivity contribution >= 4 is 0 Å². The van der Waals surface area contributed by atoms with Crippen LogP contribution in [0.15, 0.2) is 12.3 Å². The van der Waals surface area contributed by atoms with E-state index >= 15 is 0 Å². The van der Waals surface area contributed by atoms with E-state index in [1.807, 2.05) is 6.92 Å². The molecule has 2 rings (SSSR count). The first-order valence-corrected chi connectivity index (χ1v) is 4.81. The Morgan fingerprint density at radius 3 is 2.93 bits per heavy atom. The molecule has 0 atom stereocenters. The summed E-state index contributed by atoms with van der Waals surface area (Å²) < 4.78 is 18.7. The van der Waals surface area contributed by atoms with Gasteiger partial charge in [0.15, 0.2) is 5.82 Å². The predicted octanol–water partition coefficient (Wildman–Crippen LogP) is 1.13. The molecule has 1 aliphatic heterocycles. The summed E-state index contributed by atoms with van der Waals surface area (Å²) in [5, 5.41) is 3.05. The highest BCUT2D eigenvalue weighted by atomic mass is 19.1. The topological polar surface area (TPSA) is 34.1 Å². The number of aromatic nitrogens is 1. The molecular formula is C10H13FN2O. The minimum atomic E-state index is -0.365. The first-order chi connectivity index (χ1) is 6.79. The highest BCUT2D eigenvalue weighted by Gasteiger charge is 2.20. The van der Waals surface area contributed by atoms with Crippen LogP contribution in [-0.4, -0.2) is 24.2 Å². The number of nitrogens with one attached hydrogen (secondary N) is 1. The molecule has 3 nitrogen and oxygen atoms in total. The van der Waals surface area contributed by atoms with E-state index in [1.54, 1.807) is 6.20 Å². The molecule has 0 aliphatic carbocycles. The van der Waals surface area contributed by atoms with Crippen molar-refractivity contribution in [3.8, 4) is 5.88 Å². The van der Waals surface area contributed by atoms with Crippen molar-refractivity contribution < 1.29 is 9.13 Å². The van der Waals surface area contributed by atoms with Crippen molar-refractivity contribution in [1.82, 2.24) is 10.3 Å². The van der Waals surface area contributed by atoms with Gasteiger partial charge in [-0.15, -0.1) is 0 Å². The zero-order chi connectivity index (χ0) is 9.97. The molecule has 1 aromatic heterocycles. The van der Waals surface area contributed by atoms with Crippen molar-refractivity contribution in [2.24, 2.45) is 0 Å². The first kappa shape index (κ1) is 9.40. The van der Waals surface area contributed by atoms with E-state index in [4.69, 9.17) is 4.74 Å². The van der Waals surface area contributed by atoms with E-state index in [0.717, 1.165) is 25.1 Å². The number of pyridine rings is 1. The van der Waals surface area contributed by atoms with Gasteiger partial charge in [0.1, 0.15) is 6.10 Å². The highest BCUT2D eigenvalue weighted by Crippen LogP contribution is 2.17. The fourth-order valence-electron chi connectivity index (χ4n) is 1.25. The molecule has 4 heteroatoms. The zero-order valence-electron chi connectivity index (χ0n) is 8.09. The standard InChI is InChI=1S/C10H13FN2O/c1-2-7-3-9(11)10(13-4-7)14-8-5-12-6-8/h3-4,8,12H,2,5-6H2,1H3. The largest absolute Gasteiger partial charge is 0.470 e. The van der Waals surface area contributed by atoms with Crippen molar-refractivity contribution in [2.75, 3.05) is 13.1 Å². The summed E-state index contributed by atoms with van der Waals surface area (Å²) in [6.45, 7) is 3.51. The van der Waals surface area contributed by atoms with E-state index in [9.17, 15) is 4.39 Å². The number of aryl methyl sites for hydroxylation is 1. The van der Waals surface area contributed by atoms with Crippen LogP contribution in [0.25, 0.3) is 0 Å². The number of rotatable bonds is 3. The Kier molecular flexibility index (Phi) is 2.63. The zero-order valence-corrected chi connectivity index (χ0v) is 8.09. The smallest absolute Gasteiger partial charge is 0.250 e. The third kappa shape index (κ3) is 1.85. The molecule has 1 fully saturated rings. The maximum absolute atomic E-state index is 13.3. The fraction of sp³-hybridized carbons (Fsp3) is 0.500. The van der Waals surface area contributed by atoms with E-state index in [1.165, 1.54) is 6.07 Å². The van der Waals surface area contributed by atoms with Gasteiger partial charge in [-0.05, 0) is 18.1 Å². The van der Waals surface area contributed by atoms with Crippen LogP contribution in [0.2, 0.25) is 0 Å². The fourth-order valence-corrected chi connectivity index (χ4v) is 1.25. The Bertz CT molecular complexity index is 326. The maximum Gasteiger partial charge on any atom is 0.250 e. The van der Waals surface area contributed by atoms with Crippen LogP contribution in [-0.2, 0) is 6.42 Å². The molecule has 14 heavy (non-hydrogen) atoms. The minimum absolute atomic E-state index is 0.0736. The van der Waals surface area contributed by atoms with Gasteiger partial charge in [-0.3, -0.25) is 0 Å². The van der Waals surface area contributed by atoms with E-state index in [0.29, 0.717) is 0 Å².